The van der Waals surface area contributed by atoms with Gasteiger partial charge in [0.05, 0.1) is 10.6 Å². The van der Waals surface area contributed by atoms with Gasteiger partial charge in [0, 0.05) is 29.3 Å². The predicted molar refractivity (Wildman–Crippen MR) is 95.7 cm³/mol. The minimum Gasteiger partial charge on any atom is -0.301 e. The molecule has 0 saturated carbocycles. The lowest BCUT2D eigenvalue weighted by Gasteiger charge is -2.20. The lowest BCUT2D eigenvalue weighted by molar-refractivity contribution is 0.103. The van der Waals surface area contributed by atoms with Crippen molar-refractivity contribution in [3.8, 4) is 0 Å². The first-order valence-corrected chi connectivity index (χ1v) is 9.92. The van der Waals surface area contributed by atoms with Crippen LogP contribution in [-0.4, -0.2) is 29.4 Å². The van der Waals surface area contributed by atoms with Gasteiger partial charge in [-0.3, -0.25) is 10.1 Å². The van der Waals surface area contributed by atoms with Gasteiger partial charge in [-0.25, -0.2) is 4.98 Å². The minimum atomic E-state index is 0.00234. The summed E-state index contributed by atoms with van der Waals surface area (Å²) >= 11 is 3.29. The summed E-state index contributed by atoms with van der Waals surface area (Å²) in [6.07, 6.45) is 7.04. The number of hydrogen-bond donors (Lipinski definition) is 1. The number of rotatable bonds is 2. The number of anilines is 1. The highest BCUT2D eigenvalue weighted by Gasteiger charge is 2.21. The van der Waals surface area contributed by atoms with E-state index in [9.17, 15) is 4.79 Å². The fourth-order valence-corrected chi connectivity index (χ4v) is 5.55. The standard InChI is InChI=1S/C17H21N3OS2/c1-20-8-7-12-15(10-20)23-17(18-12)19-16(21)14-9-11-5-3-2-4-6-13(11)22-14/h9H,2-8,10H2,1H3,(H,18,19,21). The van der Waals surface area contributed by atoms with Crippen LogP contribution in [0.5, 0.6) is 0 Å². The first kappa shape index (κ1) is 15.3. The molecular formula is C17H21N3OS2. The van der Waals surface area contributed by atoms with E-state index in [0.717, 1.165) is 48.1 Å². The Hall–Kier alpha value is -1.24. The maximum Gasteiger partial charge on any atom is 0.267 e. The minimum absolute atomic E-state index is 0.00234. The zero-order chi connectivity index (χ0) is 15.8. The molecule has 0 bridgehead atoms. The van der Waals surface area contributed by atoms with E-state index in [1.807, 2.05) is 0 Å². The smallest absolute Gasteiger partial charge is 0.267 e. The van der Waals surface area contributed by atoms with Crippen LogP contribution in [-0.2, 0) is 25.8 Å². The zero-order valence-electron chi connectivity index (χ0n) is 13.4. The monoisotopic (exact) mass is 347 g/mol. The Morgan fingerprint density at radius 1 is 1.17 bits per heavy atom. The number of likely N-dealkylation sites (N-methyl/N-ethyl adjacent to an activating group) is 1. The Kier molecular flexibility index (Phi) is 4.22. The van der Waals surface area contributed by atoms with Crippen LogP contribution < -0.4 is 5.32 Å². The number of amides is 1. The Morgan fingerprint density at radius 2 is 2.04 bits per heavy atom. The number of carbonyl (C=O) groups is 1. The molecule has 3 heterocycles. The fourth-order valence-electron chi connectivity index (χ4n) is 3.31. The van der Waals surface area contributed by atoms with E-state index in [2.05, 4.69) is 28.3 Å². The van der Waals surface area contributed by atoms with E-state index in [-0.39, 0.29) is 5.91 Å². The van der Waals surface area contributed by atoms with Crippen LogP contribution in [0, 0.1) is 0 Å². The zero-order valence-corrected chi connectivity index (χ0v) is 15.0. The van der Waals surface area contributed by atoms with Crippen molar-refractivity contribution in [1.29, 1.82) is 0 Å². The number of carbonyl (C=O) groups excluding carboxylic acids is 1. The van der Waals surface area contributed by atoms with Crippen LogP contribution in [0.15, 0.2) is 6.07 Å². The molecule has 1 aliphatic carbocycles. The second-order valence-electron chi connectivity index (χ2n) is 6.45. The molecule has 4 nitrogen and oxygen atoms in total. The van der Waals surface area contributed by atoms with Gasteiger partial charge >= 0.3 is 0 Å². The van der Waals surface area contributed by atoms with E-state index >= 15 is 0 Å². The largest absolute Gasteiger partial charge is 0.301 e. The Balaban J connectivity index is 1.50. The summed E-state index contributed by atoms with van der Waals surface area (Å²) in [6.45, 7) is 1.98. The molecule has 1 aliphatic heterocycles. The van der Waals surface area contributed by atoms with E-state index in [0.29, 0.717) is 0 Å². The molecular weight excluding hydrogens is 326 g/mol. The summed E-state index contributed by atoms with van der Waals surface area (Å²) in [5, 5.41) is 3.76. The number of nitrogens with one attached hydrogen (secondary N) is 1. The molecule has 2 aliphatic rings. The van der Waals surface area contributed by atoms with Gasteiger partial charge in [0.1, 0.15) is 0 Å². The molecule has 0 unspecified atom stereocenters. The molecule has 0 saturated heterocycles. The average Bonchev–Trinajstić information content (AvgIpc) is 3.04. The lowest BCUT2D eigenvalue weighted by Crippen LogP contribution is -2.25. The molecule has 0 atom stereocenters. The number of hydrogen-bond acceptors (Lipinski definition) is 5. The van der Waals surface area contributed by atoms with E-state index in [1.165, 1.54) is 34.6 Å². The highest BCUT2D eigenvalue weighted by Crippen LogP contribution is 2.31. The van der Waals surface area contributed by atoms with Gasteiger partial charge < -0.3 is 4.90 Å². The summed E-state index contributed by atoms with van der Waals surface area (Å²) in [6, 6.07) is 2.10. The predicted octanol–water partition coefficient (Wildman–Crippen LogP) is 3.71. The van der Waals surface area contributed by atoms with Crippen LogP contribution in [0.25, 0.3) is 0 Å². The van der Waals surface area contributed by atoms with Crippen molar-refractivity contribution in [3.63, 3.8) is 0 Å². The van der Waals surface area contributed by atoms with Crippen molar-refractivity contribution in [1.82, 2.24) is 9.88 Å². The molecule has 0 radical (unpaired) electrons. The van der Waals surface area contributed by atoms with E-state index in [4.69, 9.17) is 0 Å². The third-order valence-corrected chi connectivity index (χ3v) is 6.85. The summed E-state index contributed by atoms with van der Waals surface area (Å²) < 4.78 is 0. The van der Waals surface area contributed by atoms with Gasteiger partial charge in [0.2, 0.25) is 0 Å². The Labute approximate surface area is 144 Å². The van der Waals surface area contributed by atoms with Gasteiger partial charge in [-0.1, -0.05) is 6.42 Å². The molecule has 2 aromatic heterocycles. The highest BCUT2D eigenvalue weighted by molar-refractivity contribution is 7.16. The topological polar surface area (TPSA) is 45.2 Å². The van der Waals surface area contributed by atoms with Crippen LogP contribution in [0.4, 0.5) is 5.13 Å². The maximum atomic E-state index is 12.6. The molecule has 4 rings (SSSR count). The molecule has 0 fully saturated rings. The molecule has 2 aromatic rings. The third-order valence-electron chi connectivity index (χ3n) is 4.61. The maximum absolute atomic E-state index is 12.6. The quantitative estimate of drug-likeness (QED) is 0.842. The lowest BCUT2D eigenvalue weighted by atomic mass is 10.1. The van der Waals surface area contributed by atoms with Gasteiger partial charge in [-0.05, 0) is 44.4 Å². The summed E-state index contributed by atoms with van der Waals surface area (Å²) in [5.74, 6) is 0.00234. The SMILES string of the molecule is CN1CCc2nc(NC(=O)c3cc4c(s3)CCCCC4)sc2C1. The van der Waals surface area contributed by atoms with Crippen molar-refractivity contribution >= 4 is 33.7 Å². The Bertz CT molecular complexity index is 711. The van der Waals surface area contributed by atoms with E-state index in [1.54, 1.807) is 22.7 Å². The molecule has 23 heavy (non-hydrogen) atoms. The molecule has 0 spiro atoms. The van der Waals surface area contributed by atoms with Crippen molar-refractivity contribution < 1.29 is 4.79 Å². The second kappa shape index (κ2) is 6.34. The van der Waals surface area contributed by atoms with Gasteiger partial charge in [0.25, 0.3) is 5.91 Å². The number of thiazole rings is 1. The van der Waals surface area contributed by atoms with E-state index < -0.39 is 0 Å². The fraction of sp³-hybridized carbons (Fsp3) is 0.529. The molecule has 1 N–H and O–H groups in total. The first-order chi connectivity index (χ1) is 11.2. The molecule has 1 amide bonds. The van der Waals surface area contributed by atoms with Crippen LogP contribution >= 0.6 is 22.7 Å². The van der Waals surface area contributed by atoms with Crippen molar-refractivity contribution in [3.05, 3.63) is 32.0 Å². The van der Waals surface area contributed by atoms with Crippen LogP contribution in [0.3, 0.4) is 0 Å². The Morgan fingerprint density at radius 3 is 2.96 bits per heavy atom. The summed E-state index contributed by atoms with van der Waals surface area (Å²) in [7, 11) is 2.12. The van der Waals surface area contributed by atoms with Crippen LogP contribution in [0.2, 0.25) is 0 Å². The average molecular weight is 348 g/mol. The summed E-state index contributed by atoms with van der Waals surface area (Å²) in [5.41, 5.74) is 2.54. The number of thiophene rings is 1. The molecule has 122 valence electrons. The molecule has 0 aromatic carbocycles. The van der Waals surface area contributed by atoms with Gasteiger partial charge in [-0.2, -0.15) is 0 Å². The van der Waals surface area contributed by atoms with Crippen molar-refractivity contribution in [2.24, 2.45) is 0 Å². The third kappa shape index (κ3) is 3.20. The normalized spacial score (nSPS) is 18.1. The summed E-state index contributed by atoms with van der Waals surface area (Å²) in [4.78, 5) is 23.0. The van der Waals surface area contributed by atoms with Gasteiger partial charge in [0.15, 0.2) is 5.13 Å². The number of fused-ring (bicyclic) bond motifs is 2. The molecule has 6 heteroatoms. The van der Waals surface area contributed by atoms with Gasteiger partial charge in [-0.15, -0.1) is 22.7 Å². The number of aromatic nitrogens is 1. The number of aryl methyl sites for hydroxylation is 2. The number of nitrogens with zero attached hydrogens (tertiary/aromatic N) is 2. The first-order valence-electron chi connectivity index (χ1n) is 8.29. The van der Waals surface area contributed by atoms with Crippen molar-refractivity contribution in [2.75, 3.05) is 18.9 Å². The highest BCUT2D eigenvalue weighted by atomic mass is 32.1. The second-order valence-corrected chi connectivity index (χ2v) is 8.67. The van der Waals surface area contributed by atoms with Crippen molar-refractivity contribution in [2.45, 2.75) is 45.1 Å². The van der Waals surface area contributed by atoms with Crippen LogP contribution in [0.1, 0.15) is 49.9 Å².